The SMILES string of the molecule is CN1CCC(NCc2cnns2)C1. The maximum atomic E-state index is 3.82. The van der Waals surface area contributed by atoms with Gasteiger partial charge >= 0.3 is 0 Å². The fraction of sp³-hybridized carbons (Fsp3) is 0.750. The summed E-state index contributed by atoms with van der Waals surface area (Å²) < 4.78 is 3.82. The summed E-state index contributed by atoms with van der Waals surface area (Å²) in [6.45, 7) is 3.28. The third kappa shape index (κ3) is 2.46. The monoisotopic (exact) mass is 198 g/mol. The minimum Gasteiger partial charge on any atom is -0.308 e. The predicted octanol–water partition coefficient (Wildman–Crippen LogP) is 0.332. The van der Waals surface area contributed by atoms with E-state index in [-0.39, 0.29) is 0 Å². The molecule has 0 radical (unpaired) electrons. The molecule has 2 heterocycles. The van der Waals surface area contributed by atoms with Gasteiger partial charge in [0.2, 0.25) is 0 Å². The molecular weight excluding hydrogens is 184 g/mol. The van der Waals surface area contributed by atoms with Gasteiger partial charge in [0.1, 0.15) is 0 Å². The van der Waals surface area contributed by atoms with E-state index >= 15 is 0 Å². The highest BCUT2D eigenvalue weighted by Crippen LogP contribution is 2.08. The van der Waals surface area contributed by atoms with E-state index in [1.165, 1.54) is 29.4 Å². The van der Waals surface area contributed by atoms with E-state index in [0.29, 0.717) is 6.04 Å². The van der Waals surface area contributed by atoms with Crippen molar-refractivity contribution in [3.05, 3.63) is 11.1 Å². The Bertz CT molecular complexity index is 249. The van der Waals surface area contributed by atoms with E-state index in [1.54, 1.807) is 0 Å². The zero-order valence-electron chi connectivity index (χ0n) is 7.73. The first kappa shape index (κ1) is 9.05. The van der Waals surface area contributed by atoms with Crippen molar-refractivity contribution < 1.29 is 0 Å². The molecule has 2 rings (SSSR count). The van der Waals surface area contributed by atoms with Crippen molar-refractivity contribution in [2.24, 2.45) is 0 Å². The lowest BCUT2D eigenvalue weighted by Crippen LogP contribution is -2.30. The third-order valence-electron chi connectivity index (χ3n) is 2.36. The first-order valence-corrected chi connectivity index (χ1v) is 5.30. The number of nitrogens with zero attached hydrogens (tertiary/aromatic N) is 3. The molecule has 0 spiro atoms. The van der Waals surface area contributed by atoms with Gasteiger partial charge in [0.05, 0.1) is 11.1 Å². The average Bonchev–Trinajstić information content (AvgIpc) is 2.71. The van der Waals surface area contributed by atoms with Gasteiger partial charge in [-0.25, -0.2) is 0 Å². The maximum absolute atomic E-state index is 3.82. The van der Waals surface area contributed by atoms with Gasteiger partial charge in [0, 0.05) is 19.1 Å². The van der Waals surface area contributed by atoms with Gasteiger partial charge in [-0.15, -0.1) is 5.10 Å². The Hall–Kier alpha value is -0.520. The van der Waals surface area contributed by atoms with Crippen LogP contribution in [-0.4, -0.2) is 40.7 Å². The van der Waals surface area contributed by atoms with Crippen LogP contribution in [0.2, 0.25) is 0 Å². The normalized spacial score (nSPS) is 23.9. The highest BCUT2D eigenvalue weighted by molar-refractivity contribution is 7.05. The van der Waals surface area contributed by atoms with Crippen LogP contribution in [0.3, 0.4) is 0 Å². The summed E-state index contributed by atoms with van der Waals surface area (Å²) in [4.78, 5) is 3.57. The molecule has 1 N–H and O–H groups in total. The van der Waals surface area contributed by atoms with Gasteiger partial charge < -0.3 is 10.2 Å². The smallest absolute Gasteiger partial charge is 0.0666 e. The van der Waals surface area contributed by atoms with Gasteiger partial charge in [0.15, 0.2) is 0 Å². The lowest BCUT2D eigenvalue weighted by atomic mass is 10.2. The van der Waals surface area contributed by atoms with Gasteiger partial charge in [-0.3, -0.25) is 0 Å². The topological polar surface area (TPSA) is 41.0 Å². The van der Waals surface area contributed by atoms with Crippen molar-refractivity contribution in [1.82, 2.24) is 19.8 Å². The molecule has 1 aliphatic rings. The minimum absolute atomic E-state index is 0.645. The van der Waals surface area contributed by atoms with Gasteiger partial charge in [-0.2, -0.15) is 0 Å². The predicted molar refractivity (Wildman–Crippen MR) is 52.7 cm³/mol. The van der Waals surface area contributed by atoms with Crippen molar-refractivity contribution in [2.75, 3.05) is 20.1 Å². The first-order valence-electron chi connectivity index (χ1n) is 4.53. The molecule has 1 aromatic heterocycles. The quantitative estimate of drug-likeness (QED) is 0.760. The largest absolute Gasteiger partial charge is 0.308 e. The fourth-order valence-electron chi connectivity index (χ4n) is 1.61. The van der Waals surface area contributed by atoms with Crippen molar-refractivity contribution in [3.63, 3.8) is 0 Å². The Kier molecular flexibility index (Phi) is 2.87. The summed E-state index contributed by atoms with van der Waals surface area (Å²) in [5, 5.41) is 7.30. The Morgan fingerprint density at radius 2 is 2.69 bits per heavy atom. The number of rotatable bonds is 3. The van der Waals surface area contributed by atoms with E-state index in [1.807, 2.05) is 6.20 Å². The van der Waals surface area contributed by atoms with Crippen molar-refractivity contribution >= 4 is 11.5 Å². The molecule has 1 atom stereocenters. The summed E-state index contributed by atoms with van der Waals surface area (Å²) in [6.07, 6.45) is 3.08. The molecule has 0 bridgehead atoms. The second-order valence-corrected chi connectivity index (χ2v) is 4.38. The molecule has 1 saturated heterocycles. The van der Waals surface area contributed by atoms with Crippen LogP contribution in [0.1, 0.15) is 11.3 Å². The lowest BCUT2D eigenvalue weighted by Gasteiger charge is -2.10. The van der Waals surface area contributed by atoms with Crippen LogP contribution in [0.4, 0.5) is 0 Å². The number of hydrogen-bond donors (Lipinski definition) is 1. The highest BCUT2D eigenvalue weighted by Gasteiger charge is 2.18. The standard InChI is InChI=1S/C8H14N4S/c1-12-3-2-7(6-12)9-4-8-5-10-11-13-8/h5,7,9H,2-4,6H2,1H3. The molecule has 1 fully saturated rings. The zero-order valence-corrected chi connectivity index (χ0v) is 8.55. The maximum Gasteiger partial charge on any atom is 0.0666 e. The van der Waals surface area contributed by atoms with E-state index in [9.17, 15) is 0 Å². The Morgan fingerprint density at radius 1 is 1.77 bits per heavy atom. The number of aromatic nitrogens is 2. The summed E-state index contributed by atoms with van der Waals surface area (Å²) in [7, 11) is 2.16. The number of nitrogens with one attached hydrogen (secondary N) is 1. The number of hydrogen-bond acceptors (Lipinski definition) is 5. The molecule has 0 amide bonds. The first-order chi connectivity index (χ1) is 6.34. The third-order valence-corrected chi connectivity index (χ3v) is 3.02. The molecular formula is C8H14N4S. The van der Waals surface area contributed by atoms with Crippen LogP contribution in [-0.2, 0) is 6.54 Å². The molecule has 0 aliphatic carbocycles. The van der Waals surface area contributed by atoms with Crippen molar-refractivity contribution in [2.45, 2.75) is 19.0 Å². The molecule has 1 aromatic rings. The molecule has 1 unspecified atom stereocenters. The van der Waals surface area contributed by atoms with Crippen LogP contribution in [0, 0.1) is 0 Å². The van der Waals surface area contributed by atoms with Crippen molar-refractivity contribution in [3.8, 4) is 0 Å². The highest BCUT2D eigenvalue weighted by atomic mass is 32.1. The van der Waals surface area contributed by atoms with Crippen LogP contribution in [0.15, 0.2) is 6.20 Å². The lowest BCUT2D eigenvalue weighted by molar-refractivity contribution is 0.398. The van der Waals surface area contributed by atoms with E-state index < -0.39 is 0 Å². The second-order valence-electron chi connectivity index (χ2n) is 3.51. The van der Waals surface area contributed by atoms with Gasteiger partial charge in [-0.1, -0.05) is 4.49 Å². The molecule has 72 valence electrons. The van der Waals surface area contributed by atoms with E-state index in [0.717, 1.165) is 13.1 Å². The molecule has 1 aliphatic heterocycles. The fourth-order valence-corrected chi connectivity index (χ4v) is 2.05. The second kappa shape index (κ2) is 4.13. The zero-order chi connectivity index (χ0) is 9.10. The summed E-state index contributed by atoms with van der Waals surface area (Å²) in [5.41, 5.74) is 0. The molecule has 13 heavy (non-hydrogen) atoms. The Labute approximate surface area is 82.1 Å². The molecule has 0 saturated carbocycles. The average molecular weight is 198 g/mol. The van der Waals surface area contributed by atoms with Crippen molar-refractivity contribution in [1.29, 1.82) is 0 Å². The van der Waals surface area contributed by atoms with E-state index in [2.05, 4.69) is 26.9 Å². The summed E-state index contributed by atoms with van der Waals surface area (Å²) >= 11 is 1.47. The molecule has 0 aromatic carbocycles. The van der Waals surface area contributed by atoms with Gasteiger partial charge in [-0.05, 0) is 31.5 Å². The number of likely N-dealkylation sites (tertiary alicyclic amines) is 1. The van der Waals surface area contributed by atoms with Crippen LogP contribution >= 0.6 is 11.5 Å². The molecule has 5 heteroatoms. The van der Waals surface area contributed by atoms with Crippen LogP contribution in [0.5, 0.6) is 0 Å². The Balaban J connectivity index is 1.74. The number of likely N-dealkylation sites (N-methyl/N-ethyl adjacent to an activating group) is 1. The minimum atomic E-state index is 0.645. The van der Waals surface area contributed by atoms with Gasteiger partial charge in [0.25, 0.3) is 0 Å². The molecule has 4 nitrogen and oxygen atoms in total. The van der Waals surface area contributed by atoms with Crippen LogP contribution < -0.4 is 5.32 Å². The summed E-state index contributed by atoms with van der Waals surface area (Å²) in [6, 6.07) is 0.645. The van der Waals surface area contributed by atoms with Crippen LogP contribution in [0.25, 0.3) is 0 Å². The van der Waals surface area contributed by atoms with E-state index in [4.69, 9.17) is 0 Å². The Morgan fingerprint density at radius 3 is 3.31 bits per heavy atom. The summed E-state index contributed by atoms with van der Waals surface area (Å²) in [5.74, 6) is 0.